The molecular formula is C21H28N4O2. The molecule has 0 spiro atoms. The summed E-state index contributed by atoms with van der Waals surface area (Å²) in [5.41, 5.74) is 1.66. The summed E-state index contributed by atoms with van der Waals surface area (Å²) in [4.78, 5) is 23.6. The predicted molar refractivity (Wildman–Crippen MR) is 104 cm³/mol. The molecule has 2 aromatic rings. The van der Waals surface area contributed by atoms with Crippen LogP contribution in [0.4, 0.5) is 0 Å². The van der Waals surface area contributed by atoms with Gasteiger partial charge in [-0.1, -0.05) is 0 Å². The Morgan fingerprint density at radius 1 is 1.07 bits per heavy atom. The van der Waals surface area contributed by atoms with Crippen molar-refractivity contribution in [1.29, 1.82) is 0 Å². The molecule has 0 saturated carbocycles. The first-order valence-electron chi connectivity index (χ1n) is 10.0. The Kier molecular flexibility index (Phi) is 5.94. The zero-order chi connectivity index (χ0) is 18.5. The molecule has 0 aromatic carbocycles. The number of piperidine rings is 1. The van der Waals surface area contributed by atoms with Crippen LogP contribution in [0.15, 0.2) is 41.7 Å². The van der Waals surface area contributed by atoms with Gasteiger partial charge in [-0.25, -0.2) is 4.98 Å². The van der Waals surface area contributed by atoms with E-state index in [0.29, 0.717) is 17.5 Å². The van der Waals surface area contributed by atoms with Crippen LogP contribution in [0.1, 0.15) is 25.7 Å². The van der Waals surface area contributed by atoms with E-state index in [9.17, 15) is 4.79 Å². The van der Waals surface area contributed by atoms with Crippen LogP contribution in [-0.4, -0.2) is 52.3 Å². The topological polar surface area (TPSA) is 60.2 Å². The molecule has 2 aliphatic rings. The van der Waals surface area contributed by atoms with Crippen LogP contribution in [0.3, 0.4) is 0 Å². The molecule has 144 valence electrons. The Balaban J connectivity index is 1.30. The molecule has 2 aromatic heterocycles. The molecule has 4 heterocycles. The Labute approximate surface area is 160 Å². The molecular weight excluding hydrogens is 340 g/mol. The van der Waals surface area contributed by atoms with Crippen molar-refractivity contribution in [3.05, 3.63) is 47.3 Å². The second-order valence-corrected chi connectivity index (χ2v) is 7.83. The molecule has 0 radical (unpaired) electrons. The van der Waals surface area contributed by atoms with E-state index in [1.54, 1.807) is 29.4 Å². The Hall–Kier alpha value is -2.05. The molecule has 2 fully saturated rings. The summed E-state index contributed by atoms with van der Waals surface area (Å²) in [6.07, 6.45) is 9.92. The van der Waals surface area contributed by atoms with Crippen molar-refractivity contribution >= 4 is 0 Å². The molecule has 2 aliphatic heterocycles. The Morgan fingerprint density at radius 2 is 1.89 bits per heavy atom. The van der Waals surface area contributed by atoms with Gasteiger partial charge in [0.2, 0.25) is 0 Å². The third-order valence-corrected chi connectivity index (χ3v) is 5.79. The molecule has 2 saturated heterocycles. The van der Waals surface area contributed by atoms with Crippen LogP contribution in [0, 0.1) is 11.8 Å². The number of hydrogen-bond acceptors (Lipinski definition) is 5. The quantitative estimate of drug-likeness (QED) is 0.811. The van der Waals surface area contributed by atoms with Crippen molar-refractivity contribution in [3.63, 3.8) is 0 Å². The lowest BCUT2D eigenvalue weighted by molar-refractivity contribution is 0.0320. The first-order valence-corrected chi connectivity index (χ1v) is 10.0. The minimum absolute atomic E-state index is 0.0265. The summed E-state index contributed by atoms with van der Waals surface area (Å²) >= 11 is 0. The Bertz CT molecular complexity index is 778. The maximum atomic E-state index is 12.5. The highest BCUT2D eigenvalue weighted by Gasteiger charge is 2.23. The number of rotatable bonds is 5. The van der Waals surface area contributed by atoms with Crippen LogP contribution in [0.25, 0.3) is 11.3 Å². The highest BCUT2D eigenvalue weighted by atomic mass is 16.5. The molecule has 27 heavy (non-hydrogen) atoms. The van der Waals surface area contributed by atoms with Gasteiger partial charge in [0.1, 0.15) is 0 Å². The van der Waals surface area contributed by atoms with E-state index in [1.807, 2.05) is 12.1 Å². The number of ether oxygens (including phenoxy) is 1. The van der Waals surface area contributed by atoms with Gasteiger partial charge in [0, 0.05) is 43.7 Å². The van der Waals surface area contributed by atoms with Gasteiger partial charge in [-0.2, -0.15) is 0 Å². The average Bonchev–Trinajstić information content (AvgIpc) is 2.72. The SMILES string of the molecule is O=c1cc(-c2ccncc2)ncn1CC1CCN(CC2CCCOC2)CC1. The minimum atomic E-state index is 0.0265. The lowest BCUT2D eigenvalue weighted by Crippen LogP contribution is -2.40. The maximum Gasteiger partial charge on any atom is 0.253 e. The van der Waals surface area contributed by atoms with Gasteiger partial charge in [0.25, 0.3) is 5.56 Å². The van der Waals surface area contributed by atoms with Gasteiger partial charge in [0.15, 0.2) is 0 Å². The molecule has 6 nitrogen and oxygen atoms in total. The summed E-state index contributed by atoms with van der Waals surface area (Å²) in [5.74, 6) is 1.25. The average molecular weight is 368 g/mol. The second kappa shape index (κ2) is 8.76. The van der Waals surface area contributed by atoms with E-state index in [4.69, 9.17) is 4.74 Å². The fourth-order valence-corrected chi connectivity index (χ4v) is 4.19. The normalized spacial score (nSPS) is 22.0. The van der Waals surface area contributed by atoms with Gasteiger partial charge in [-0.05, 0) is 62.7 Å². The van der Waals surface area contributed by atoms with Crippen LogP contribution in [0.5, 0.6) is 0 Å². The molecule has 0 N–H and O–H groups in total. The number of hydrogen-bond donors (Lipinski definition) is 0. The highest BCUT2D eigenvalue weighted by molar-refractivity contribution is 5.57. The molecule has 0 bridgehead atoms. The first-order chi connectivity index (χ1) is 13.3. The monoisotopic (exact) mass is 368 g/mol. The number of pyridine rings is 1. The minimum Gasteiger partial charge on any atom is -0.381 e. The largest absolute Gasteiger partial charge is 0.381 e. The van der Waals surface area contributed by atoms with Crippen molar-refractivity contribution in [3.8, 4) is 11.3 Å². The van der Waals surface area contributed by atoms with Crippen molar-refractivity contribution < 1.29 is 4.74 Å². The van der Waals surface area contributed by atoms with Gasteiger partial charge < -0.3 is 9.64 Å². The van der Waals surface area contributed by atoms with Gasteiger partial charge in [0.05, 0.1) is 18.6 Å². The summed E-state index contributed by atoms with van der Waals surface area (Å²) in [6.45, 7) is 6.03. The van der Waals surface area contributed by atoms with Gasteiger partial charge in [-0.3, -0.25) is 14.3 Å². The van der Waals surface area contributed by atoms with Crippen LogP contribution in [-0.2, 0) is 11.3 Å². The molecule has 1 atom stereocenters. The van der Waals surface area contributed by atoms with Crippen LogP contribution < -0.4 is 5.56 Å². The summed E-state index contributed by atoms with van der Waals surface area (Å²) in [7, 11) is 0. The fourth-order valence-electron chi connectivity index (χ4n) is 4.19. The van der Waals surface area contributed by atoms with E-state index in [-0.39, 0.29) is 5.56 Å². The molecule has 0 aliphatic carbocycles. The maximum absolute atomic E-state index is 12.5. The molecule has 1 unspecified atom stereocenters. The first kappa shape index (κ1) is 18.3. The van der Waals surface area contributed by atoms with Gasteiger partial charge in [-0.15, -0.1) is 0 Å². The molecule has 6 heteroatoms. The zero-order valence-corrected chi connectivity index (χ0v) is 15.8. The van der Waals surface area contributed by atoms with E-state index < -0.39 is 0 Å². The standard InChI is InChI=1S/C21H28N4O2/c26-21-12-20(19-3-7-22-8-4-19)23-16-25(21)14-17-5-9-24(10-6-17)13-18-2-1-11-27-15-18/h3-4,7-8,12,16-18H,1-2,5-6,9-11,13-15H2. The van der Waals surface area contributed by atoms with E-state index in [2.05, 4.69) is 14.9 Å². The summed E-state index contributed by atoms with van der Waals surface area (Å²) in [6, 6.07) is 5.38. The second-order valence-electron chi connectivity index (χ2n) is 7.83. The van der Waals surface area contributed by atoms with Crippen molar-refractivity contribution in [2.24, 2.45) is 11.8 Å². The predicted octanol–water partition coefficient (Wildman–Crippen LogP) is 2.44. The van der Waals surface area contributed by atoms with E-state index >= 15 is 0 Å². The van der Waals surface area contributed by atoms with Crippen LogP contribution in [0.2, 0.25) is 0 Å². The third-order valence-electron chi connectivity index (χ3n) is 5.79. The third kappa shape index (κ3) is 4.82. The number of likely N-dealkylation sites (tertiary alicyclic amines) is 1. The highest BCUT2D eigenvalue weighted by Crippen LogP contribution is 2.22. The zero-order valence-electron chi connectivity index (χ0n) is 15.8. The van der Waals surface area contributed by atoms with Crippen LogP contribution >= 0.6 is 0 Å². The smallest absolute Gasteiger partial charge is 0.253 e. The van der Waals surface area contributed by atoms with Crippen molar-refractivity contribution in [2.75, 3.05) is 32.8 Å². The van der Waals surface area contributed by atoms with Crippen molar-refractivity contribution in [1.82, 2.24) is 19.4 Å². The van der Waals surface area contributed by atoms with Crippen molar-refractivity contribution in [2.45, 2.75) is 32.2 Å². The Morgan fingerprint density at radius 3 is 2.59 bits per heavy atom. The number of aromatic nitrogens is 3. The lowest BCUT2D eigenvalue weighted by Gasteiger charge is -2.35. The summed E-state index contributed by atoms with van der Waals surface area (Å²) < 4.78 is 7.37. The number of nitrogens with zero attached hydrogens (tertiary/aromatic N) is 4. The summed E-state index contributed by atoms with van der Waals surface area (Å²) in [5, 5.41) is 0. The fraction of sp³-hybridized carbons (Fsp3) is 0.571. The lowest BCUT2D eigenvalue weighted by atomic mass is 9.94. The van der Waals surface area contributed by atoms with E-state index in [1.165, 1.54) is 12.8 Å². The molecule has 0 amide bonds. The van der Waals surface area contributed by atoms with Gasteiger partial charge >= 0.3 is 0 Å². The molecule has 4 rings (SSSR count). The van der Waals surface area contributed by atoms with E-state index in [0.717, 1.165) is 57.8 Å².